The van der Waals surface area contributed by atoms with Crippen LogP contribution < -0.4 is 4.90 Å². The number of thiophene rings is 1. The Hall–Kier alpha value is -3.47. The van der Waals surface area contributed by atoms with Crippen LogP contribution in [0.4, 0.5) is 5.13 Å². The van der Waals surface area contributed by atoms with Crippen LogP contribution in [0.25, 0.3) is 0 Å². The van der Waals surface area contributed by atoms with Crippen LogP contribution in [0.2, 0.25) is 0 Å². The number of hydrogen-bond acceptors (Lipinski definition) is 9. The highest BCUT2D eigenvalue weighted by Gasteiger charge is 2.46. The number of aliphatic hydroxyl groups excluding tert-OH is 1. The number of anilines is 1. The molecule has 5 rings (SSSR count). The minimum absolute atomic E-state index is 0.0211. The van der Waals surface area contributed by atoms with Gasteiger partial charge in [-0.25, -0.2) is 0 Å². The van der Waals surface area contributed by atoms with Gasteiger partial charge in [-0.2, -0.15) is 0 Å². The number of aromatic hydroxyl groups is 1. The fourth-order valence-electron chi connectivity index (χ4n) is 3.73. The molecule has 2 aromatic carbocycles. The zero-order valence-electron chi connectivity index (χ0n) is 18.4. The number of thioether (sulfide) groups is 1. The maximum Gasteiger partial charge on any atom is 0.296 e. The summed E-state index contributed by atoms with van der Waals surface area (Å²) in [4.78, 5) is 28.2. The van der Waals surface area contributed by atoms with Crippen molar-refractivity contribution in [3.63, 3.8) is 0 Å². The Morgan fingerprint density at radius 3 is 2.49 bits per heavy atom. The minimum Gasteiger partial charge on any atom is -0.508 e. The molecule has 3 heterocycles. The molecule has 1 aliphatic rings. The van der Waals surface area contributed by atoms with E-state index in [2.05, 4.69) is 22.3 Å². The van der Waals surface area contributed by atoms with Crippen molar-refractivity contribution >= 4 is 51.3 Å². The van der Waals surface area contributed by atoms with Crippen molar-refractivity contribution < 1.29 is 19.8 Å². The van der Waals surface area contributed by atoms with Crippen molar-refractivity contribution in [3.05, 3.63) is 98.9 Å². The molecule has 0 radical (unpaired) electrons. The molecule has 1 aliphatic heterocycles. The van der Waals surface area contributed by atoms with Crippen LogP contribution in [0.3, 0.4) is 0 Å². The third-order valence-electron chi connectivity index (χ3n) is 5.49. The number of amides is 1. The Balaban J connectivity index is 1.48. The van der Waals surface area contributed by atoms with E-state index in [1.165, 1.54) is 57.0 Å². The van der Waals surface area contributed by atoms with Gasteiger partial charge in [0.15, 0.2) is 10.1 Å². The monoisotopic (exact) mass is 521 g/mol. The highest BCUT2D eigenvalue weighted by Crippen LogP contribution is 2.44. The number of hydrogen-bond donors (Lipinski definition) is 2. The summed E-state index contributed by atoms with van der Waals surface area (Å²) in [6.07, 6.45) is 0. The molecule has 0 spiro atoms. The lowest BCUT2D eigenvalue weighted by molar-refractivity contribution is -0.117. The summed E-state index contributed by atoms with van der Waals surface area (Å²) in [6.45, 7) is 2.03. The quantitative estimate of drug-likeness (QED) is 0.183. The summed E-state index contributed by atoms with van der Waals surface area (Å²) in [5.74, 6) is -1.00. The molecule has 1 atom stereocenters. The summed E-state index contributed by atoms with van der Waals surface area (Å²) in [5, 5.41) is 31.0. The summed E-state index contributed by atoms with van der Waals surface area (Å²) >= 11 is 3.95. The Labute approximate surface area is 213 Å². The summed E-state index contributed by atoms with van der Waals surface area (Å²) < 4.78 is 0.662. The molecular formula is C25H19N3O4S3. The van der Waals surface area contributed by atoms with Gasteiger partial charge < -0.3 is 10.2 Å². The number of ketones is 1. The Morgan fingerprint density at radius 1 is 1.06 bits per heavy atom. The van der Waals surface area contributed by atoms with E-state index in [0.717, 1.165) is 5.56 Å². The van der Waals surface area contributed by atoms with Gasteiger partial charge in [-0.3, -0.25) is 14.5 Å². The van der Waals surface area contributed by atoms with Crippen molar-refractivity contribution in [2.75, 3.05) is 4.90 Å². The lowest BCUT2D eigenvalue weighted by Crippen LogP contribution is -2.30. The van der Waals surface area contributed by atoms with Crippen LogP contribution in [-0.4, -0.2) is 32.1 Å². The second kappa shape index (κ2) is 9.65. The van der Waals surface area contributed by atoms with Crippen molar-refractivity contribution in [2.24, 2.45) is 0 Å². The molecule has 0 saturated carbocycles. The Bertz CT molecular complexity index is 1410. The average Bonchev–Trinajstić information content (AvgIpc) is 3.60. The second-order valence-corrected chi connectivity index (χ2v) is 11.0. The van der Waals surface area contributed by atoms with Crippen LogP contribution in [0.15, 0.2) is 81.7 Å². The first-order valence-corrected chi connectivity index (χ1v) is 13.3. The molecule has 4 aromatic rings. The predicted molar refractivity (Wildman–Crippen MR) is 137 cm³/mol. The summed E-state index contributed by atoms with van der Waals surface area (Å²) in [6, 6.07) is 16.9. The van der Waals surface area contributed by atoms with Gasteiger partial charge in [0, 0.05) is 5.75 Å². The molecule has 2 aromatic heterocycles. The fourth-order valence-corrected chi connectivity index (χ4v) is 6.24. The van der Waals surface area contributed by atoms with Crippen LogP contribution in [0.5, 0.6) is 5.75 Å². The molecule has 1 amide bonds. The van der Waals surface area contributed by atoms with Gasteiger partial charge in [0.05, 0.1) is 16.5 Å². The molecule has 0 aliphatic carbocycles. The minimum atomic E-state index is -0.902. The van der Waals surface area contributed by atoms with Crippen molar-refractivity contribution in [3.8, 4) is 5.75 Å². The van der Waals surface area contributed by atoms with Gasteiger partial charge in [0.2, 0.25) is 10.9 Å². The topological polar surface area (TPSA) is 104 Å². The van der Waals surface area contributed by atoms with E-state index in [0.29, 0.717) is 20.5 Å². The molecule has 35 heavy (non-hydrogen) atoms. The Kier molecular flexibility index (Phi) is 6.42. The van der Waals surface area contributed by atoms with E-state index in [1.807, 2.05) is 19.1 Å². The third-order valence-corrected chi connectivity index (χ3v) is 8.49. The molecule has 0 saturated heterocycles. The van der Waals surface area contributed by atoms with Gasteiger partial charge >= 0.3 is 0 Å². The molecule has 2 N–H and O–H groups in total. The van der Waals surface area contributed by atoms with Gasteiger partial charge in [0.25, 0.3) is 5.91 Å². The smallest absolute Gasteiger partial charge is 0.296 e. The molecule has 0 fully saturated rings. The van der Waals surface area contributed by atoms with Gasteiger partial charge in [-0.05, 0) is 41.6 Å². The zero-order chi connectivity index (χ0) is 24.5. The van der Waals surface area contributed by atoms with E-state index < -0.39 is 23.5 Å². The first-order valence-electron chi connectivity index (χ1n) is 10.6. The number of phenolic OH excluding ortho intramolecular Hbond substituents is 1. The second-order valence-electron chi connectivity index (χ2n) is 7.86. The van der Waals surface area contributed by atoms with Crippen molar-refractivity contribution in [1.82, 2.24) is 10.2 Å². The van der Waals surface area contributed by atoms with E-state index >= 15 is 0 Å². The average molecular weight is 522 g/mol. The maximum absolute atomic E-state index is 13.3. The number of phenols is 1. The molecule has 0 bridgehead atoms. The maximum atomic E-state index is 13.3. The number of benzene rings is 2. The number of aryl methyl sites for hydroxylation is 1. The number of Topliss-reactive ketones (excluding diaryl/α,β-unsaturated/α-hetero) is 1. The highest BCUT2D eigenvalue weighted by molar-refractivity contribution is 8.00. The number of aromatic nitrogens is 2. The van der Waals surface area contributed by atoms with Crippen LogP contribution in [-0.2, 0) is 10.5 Å². The Morgan fingerprint density at radius 2 is 1.80 bits per heavy atom. The van der Waals surface area contributed by atoms with Crippen LogP contribution >= 0.6 is 34.4 Å². The van der Waals surface area contributed by atoms with Gasteiger partial charge in [-0.1, -0.05) is 71.1 Å². The molecule has 176 valence electrons. The van der Waals surface area contributed by atoms with Crippen molar-refractivity contribution in [1.29, 1.82) is 0 Å². The summed E-state index contributed by atoms with van der Waals surface area (Å²) in [7, 11) is 0. The lowest BCUT2D eigenvalue weighted by Gasteiger charge is -2.24. The SMILES string of the molecule is Cc1ccc(CSc2nnc(N3C(=O)C(O)=C(C(=O)c4cccs4)C3c3ccc(O)cc3)s2)cc1. The molecule has 7 nitrogen and oxygen atoms in total. The lowest BCUT2D eigenvalue weighted by atomic mass is 9.95. The number of aliphatic hydroxyl groups is 1. The first kappa shape index (κ1) is 23.3. The van der Waals surface area contributed by atoms with Crippen molar-refractivity contribution in [2.45, 2.75) is 23.1 Å². The van der Waals surface area contributed by atoms with Gasteiger partial charge in [-0.15, -0.1) is 21.5 Å². The normalized spacial score (nSPS) is 15.7. The van der Waals surface area contributed by atoms with Crippen LogP contribution in [0, 0.1) is 6.92 Å². The molecule has 1 unspecified atom stereocenters. The van der Waals surface area contributed by atoms with E-state index in [-0.39, 0.29) is 16.5 Å². The first-order chi connectivity index (χ1) is 16.9. The largest absolute Gasteiger partial charge is 0.508 e. The molecular weight excluding hydrogens is 502 g/mol. The standard InChI is InChI=1S/C25H19N3O4S3/c1-14-4-6-15(7-5-14)13-34-25-27-26-24(35-25)28-20(16-8-10-17(29)11-9-16)19(22(31)23(28)32)21(30)18-3-2-12-33-18/h2-12,20,29,31H,13H2,1H3. The number of carbonyl (C=O) groups excluding carboxylic acids is 2. The number of rotatable bonds is 7. The van der Waals surface area contributed by atoms with E-state index in [1.54, 1.807) is 29.6 Å². The third kappa shape index (κ3) is 4.60. The van der Waals surface area contributed by atoms with Gasteiger partial charge in [0.1, 0.15) is 5.75 Å². The van der Waals surface area contributed by atoms with Crippen LogP contribution in [0.1, 0.15) is 32.4 Å². The predicted octanol–water partition coefficient (Wildman–Crippen LogP) is 5.69. The highest BCUT2D eigenvalue weighted by atomic mass is 32.2. The summed E-state index contributed by atoms with van der Waals surface area (Å²) in [5.41, 5.74) is 2.86. The number of nitrogens with zero attached hydrogens (tertiary/aromatic N) is 3. The number of carbonyl (C=O) groups is 2. The zero-order valence-corrected chi connectivity index (χ0v) is 20.9. The van der Waals surface area contributed by atoms with E-state index in [4.69, 9.17) is 0 Å². The van der Waals surface area contributed by atoms with E-state index in [9.17, 15) is 19.8 Å². The molecule has 10 heteroatoms. The fraction of sp³-hybridized carbons (Fsp3) is 0.120.